The number of piperazine rings is 1. The van der Waals surface area contributed by atoms with Crippen molar-refractivity contribution < 1.29 is 4.74 Å². The molecule has 152 valence electrons. The van der Waals surface area contributed by atoms with Gasteiger partial charge in [-0.3, -0.25) is 0 Å². The molecule has 1 aromatic heterocycles. The lowest BCUT2D eigenvalue weighted by Crippen LogP contribution is -2.43. The molecule has 2 aliphatic rings. The molecule has 28 heavy (non-hydrogen) atoms. The molecular weight excluding hydrogens is 370 g/mol. The highest BCUT2D eigenvalue weighted by molar-refractivity contribution is 7.96. The maximum atomic E-state index is 6.02. The fourth-order valence-corrected chi connectivity index (χ4v) is 4.71. The van der Waals surface area contributed by atoms with E-state index in [4.69, 9.17) is 4.74 Å². The van der Waals surface area contributed by atoms with Gasteiger partial charge in [-0.05, 0) is 50.7 Å². The summed E-state index contributed by atoms with van der Waals surface area (Å²) in [6, 6.07) is 6.29. The zero-order chi connectivity index (χ0) is 19.2. The van der Waals surface area contributed by atoms with Crippen LogP contribution in [0.15, 0.2) is 24.5 Å². The van der Waals surface area contributed by atoms with Crippen LogP contribution in [0.4, 0.5) is 0 Å². The highest BCUT2D eigenvalue weighted by atomic mass is 32.2. The molecule has 7 heteroatoms. The lowest BCUT2D eigenvalue weighted by atomic mass is 9.92. The summed E-state index contributed by atoms with van der Waals surface area (Å²) in [6.45, 7) is 8.64. The van der Waals surface area contributed by atoms with Crippen LogP contribution in [0, 0.1) is 0 Å². The zero-order valence-corrected chi connectivity index (χ0v) is 17.6. The number of hydrogen-bond acceptors (Lipinski definition) is 7. The number of fused-ring (bicyclic) bond motifs is 1. The molecule has 0 bridgehead atoms. The lowest BCUT2D eigenvalue weighted by Gasteiger charge is -2.33. The minimum atomic E-state index is 0.532. The third kappa shape index (κ3) is 4.95. The van der Waals surface area contributed by atoms with Crippen molar-refractivity contribution in [3.8, 4) is 5.75 Å². The van der Waals surface area contributed by atoms with E-state index in [1.54, 1.807) is 6.33 Å². The maximum absolute atomic E-state index is 6.02. The fraction of sp³-hybridized carbons (Fsp3) is 0.619. The summed E-state index contributed by atoms with van der Waals surface area (Å²) in [5, 5.41) is 4.60. The largest absolute Gasteiger partial charge is 0.493 e. The number of aromatic nitrogens is 2. The van der Waals surface area contributed by atoms with Crippen LogP contribution >= 0.6 is 11.9 Å². The quantitative estimate of drug-likeness (QED) is 0.565. The monoisotopic (exact) mass is 401 g/mol. The average molecular weight is 402 g/mol. The summed E-state index contributed by atoms with van der Waals surface area (Å²) in [7, 11) is 0. The summed E-state index contributed by atoms with van der Waals surface area (Å²) in [4.78, 5) is 11.6. The van der Waals surface area contributed by atoms with Crippen LogP contribution in [0.5, 0.6) is 5.75 Å². The second kappa shape index (κ2) is 9.87. The van der Waals surface area contributed by atoms with Crippen LogP contribution in [0.3, 0.4) is 0 Å². The smallest absolute Gasteiger partial charge is 0.121 e. The first-order chi connectivity index (χ1) is 13.8. The first kappa shape index (κ1) is 19.9. The summed E-state index contributed by atoms with van der Waals surface area (Å²) in [6.07, 6.45) is 7.22. The van der Waals surface area contributed by atoms with Crippen LogP contribution in [-0.4, -0.2) is 77.8 Å². The van der Waals surface area contributed by atoms with Crippen molar-refractivity contribution in [3.63, 3.8) is 0 Å². The van der Waals surface area contributed by atoms with Gasteiger partial charge < -0.3 is 15.0 Å². The van der Waals surface area contributed by atoms with Gasteiger partial charge in [-0.25, -0.2) is 14.3 Å². The Morgan fingerprint density at radius 1 is 1.14 bits per heavy atom. The van der Waals surface area contributed by atoms with E-state index in [0.717, 1.165) is 82.9 Å². The highest BCUT2D eigenvalue weighted by Crippen LogP contribution is 2.30. The number of hydrogen-bond donors (Lipinski definition) is 1. The summed E-state index contributed by atoms with van der Waals surface area (Å²) in [5.74, 6) is 1.44. The van der Waals surface area contributed by atoms with E-state index in [1.165, 1.54) is 11.1 Å². The number of benzene rings is 1. The van der Waals surface area contributed by atoms with Gasteiger partial charge in [-0.1, -0.05) is 11.9 Å². The summed E-state index contributed by atoms with van der Waals surface area (Å²) in [5.41, 5.74) is 2.19. The molecule has 1 aromatic carbocycles. The molecule has 4 rings (SSSR count). The van der Waals surface area contributed by atoms with E-state index in [-0.39, 0.29) is 0 Å². The van der Waals surface area contributed by atoms with Crippen LogP contribution in [0.1, 0.15) is 30.9 Å². The van der Waals surface area contributed by atoms with Gasteiger partial charge in [0.1, 0.15) is 12.1 Å². The van der Waals surface area contributed by atoms with Crippen LogP contribution in [0.25, 0.3) is 10.9 Å². The Kier molecular flexibility index (Phi) is 7.01. The molecule has 0 saturated carbocycles. The summed E-state index contributed by atoms with van der Waals surface area (Å²) >= 11 is 1.85. The lowest BCUT2D eigenvalue weighted by molar-refractivity contribution is 0.181. The molecule has 0 unspecified atom stereocenters. The first-order valence-electron chi connectivity index (χ1n) is 10.4. The SMILES string of the molecule is CSN1CCN(CCCOc2ccc3c(C4CCNCC4)ncnc3c2)CC1. The Hall–Kier alpha value is -1.41. The minimum Gasteiger partial charge on any atom is -0.493 e. The predicted octanol–water partition coefficient (Wildman–Crippen LogP) is 2.76. The van der Waals surface area contributed by atoms with E-state index in [2.05, 4.69) is 48.9 Å². The van der Waals surface area contributed by atoms with Gasteiger partial charge in [0.05, 0.1) is 17.8 Å². The summed E-state index contributed by atoms with van der Waals surface area (Å²) < 4.78 is 8.45. The molecule has 0 spiro atoms. The normalized spacial score (nSPS) is 19.9. The zero-order valence-electron chi connectivity index (χ0n) is 16.8. The molecule has 0 atom stereocenters. The number of nitrogens with zero attached hydrogens (tertiary/aromatic N) is 4. The van der Waals surface area contributed by atoms with E-state index in [9.17, 15) is 0 Å². The van der Waals surface area contributed by atoms with Gasteiger partial charge in [0.2, 0.25) is 0 Å². The van der Waals surface area contributed by atoms with Crippen molar-refractivity contribution in [2.24, 2.45) is 0 Å². The van der Waals surface area contributed by atoms with Crippen LogP contribution < -0.4 is 10.1 Å². The van der Waals surface area contributed by atoms with Crippen molar-refractivity contribution >= 4 is 22.9 Å². The van der Waals surface area contributed by atoms with E-state index in [1.807, 2.05) is 11.9 Å². The van der Waals surface area contributed by atoms with E-state index < -0.39 is 0 Å². The molecule has 0 amide bonds. The second-order valence-corrected chi connectivity index (χ2v) is 8.50. The standard InChI is InChI=1S/C21H31N5OS/c1-28-26-12-10-25(11-13-26)9-2-14-27-18-3-4-19-20(15-18)23-16-24-21(19)17-5-7-22-8-6-17/h3-4,15-17,22H,2,5-14H2,1H3. The highest BCUT2D eigenvalue weighted by Gasteiger charge is 2.19. The Balaban J connectivity index is 1.30. The Labute approximate surface area is 172 Å². The number of nitrogens with one attached hydrogen (secondary N) is 1. The molecule has 6 nitrogen and oxygen atoms in total. The minimum absolute atomic E-state index is 0.532. The first-order valence-corrected chi connectivity index (χ1v) is 11.6. The second-order valence-electron chi connectivity index (χ2n) is 7.62. The Morgan fingerprint density at radius 2 is 1.96 bits per heavy atom. The van der Waals surface area contributed by atoms with Crippen molar-refractivity contribution in [2.75, 3.05) is 58.7 Å². The maximum Gasteiger partial charge on any atom is 0.121 e. The third-order valence-corrected chi connectivity index (χ3v) is 6.72. The number of ether oxygens (including phenoxy) is 1. The van der Waals surface area contributed by atoms with Crippen LogP contribution in [-0.2, 0) is 0 Å². The Bertz CT molecular complexity index is 760. The average Bonchev–Trinajstić information content (AvgIpc) is 2.77. The van der Waals surface area contributed by atoms with Gasteiger partial charge in [-0.15, -0.1) is 0 Å². The Morgan fingerprint density at radius 3 is 2.75 bits per heavy atom. The van der Waals surface area contributed by atoms with Crippen molar-refractivity contribution in [1.29, 1.82) is 0 Å². The number of piperidine rings is 1. The van der Waals surface area contributed by atoms with E-state index in [0.29, 0.717) is 5.92 Å². The van der Waals surface area contributed by atoms with Gasteiger partial charge in [0.15, 0.2) is 0 Å². The number of rotatable bonds is 7. The molecule has 2 fully saturated rings. The van der Waals surface area contributed by atoms with Crippen molar-refractivity contribution in [2.45, 2.75) is 25.2 Å². The predicted molar refractivity (Wildman–Crippen MR) is 116 cm³/mol. The van der Waals surface area contributed by atoms with E-state index >= 15 is 0 Å². The van der Waals surface area contributed by atoms with Gasteiger partial charge >= 0.3 is 0 Å². The molecule has 2 aromatic rings. The molecule has 0 aliphatic carbocycles. The van der Waals surface area contributed by atoms with Gasteiger partial charge in [-0.2, -0.15) is 0 Å². The molecule has 2 aliphatic heterocycles. The molecule has 1 N–H and O–H groups in total. The molecule has 2 saturated heterocycles. The van der Waals surface area contributed by atoms with Crippen molar-refractivity contribution in [1.82, 2.24) is 24.5 Å². The topological polar surface area (TPSA) is 53.5 Å². The van der Waals surface area contributed by atoms with Gasteiger partial charge in [0.25, 0.3) is 0 Å². The van der Waals surface area contributed by atoms with Crippen LogP contribution in [0.2, 0.25) is 0 Å². The fourth-order valence-electron chi connectivity index (χ4n) is 4.18. The molecule has 3 heterocycles. The molecular formula is C21H31N5OS. The van der Waals surface area contributed by atoms with Crippen molar-refractivity contribution in [3.05, 3.63) is 30.2 Å². The van der Waals surface area contributed by atoms with Gasteiger partial charge in [0, 0.05) is 50.1 Å². The third-order valence-electron chi connectivity index (χ3n) is 5.84. The molecule has 0 radical (unpaired) electrons.